The maximum atomic E-state index is 5.92. The number of halogens is 1. The smallest absolute Gasteiger partial charge is 0.192 e. The number of aliphatic imine (C=N–C) groups is 1. The number of unbranched alkanes of at least 4 members (excludes halogenated alkanes) is 1. The molecular formula is C16H29IN6O. The van der Waals surface area contributed by atoms with Gasteiger partial charge in [-0.1, -0.05) is 13.3 Å². The van der Waals surface area contributed by atoms with E-state index >= 15 is 0 Å². The van der Waals surface area contributed by atoms with Crippen LogP contribution >= 0.6 is 24.0 Å². The number of hydrogen-bond acceptors (Lipinski definition) is 4. The summed E-state index contributed by atoms with van der Waals surface area (Å²) in [4.78, 5) is 4.70. The second kappa shape index (κ2) is 8.98. The van der Waals surface area contributed by atoms with Crippen molar-refractivity contribution in [1.82, 2.24) is 25.4 Å². The molecule has 2 N–H and O–H groups in total. The third-order valence-corrected chi connectivity index (χ3v) is 4.81. The first-order chi connectivity index (χ1) is 11.2. The Hall–Kier alpha value is -0.900. The molecule has 24 heavy (non-hydrogen) atoms. The molecule has 3 unspecified atom stereocenters. The van der Waals surface area contributed by atoms with Gasteiger partial charge in [0.2, 0.25) is 0 Å². The molecule has 1 aromatic heterocycles. The molecule has 3 heterocycles. The van der Waals surface area contributed by atoms with Crippen molar-refractivity contribution in [2.24, 2.45) is 12.0 Å². The van der Waals surface area contributed by atoms with E-state index in [-0.39, 0.29) is 24.0 Å². The molecule has 0 spiro atoms. The lowest BCUT2D eigenvalue weighted by Gasteiger charge is -2.23. The molecule has 8 heteroatoms. The lowest BCUT2D eigenvalue weighted by Crippen LogP contribution is -2.47. The second-order valence-electron chi connectivity index (χ2n) is 6.53. The third-order valence-electron chi connectivity index (χ3n) is 4.81. The summed E-state index contributed by atoms with van der Waals surface area (Å²) in [6.07, 6.45) is 6.54. The summed E-state index contributed by atoms with van der Waals surface area (Å²) in [5.74, 6) is 2.65. The molecule has 7 nitrogen and oxygen atoms in total. The molecule has 0 saturated carbocycles. The van der Waals surface area contributed by atoms with Gasteiger partial charge in [0.15, 0.2) is 11.8 Å². The minimum Gasteiger partial charge on any atom is -0.373 e. The summed E-state index contributed by atoms with van der Waals surface area (Å²) >= 11 is 0. The maximum absolute atomic E-state index is 5.92. The predicted octanol–water partition coefficient (Wildman–Crippen LogP) is 1.90. The van der Waals surface area contributed by atoms with Crippen molar-refractivity contribution >= 4 is 29.9 Å². The zero-order valence-corrected chi connectivity index (χ0v) is 17.1. The Labute approximate surface area is 161 Å². The molecule has 2 bridgehead atoms. The van der Waals surface area contributed by atoms with E-state index in [0.29, 0.717) is 24.8 Å². The average molecular weight is 448 g/mol. The Morgan fingerprint density at radius 2 is 2.21 bits per heavy atom. The Kier molecular flexibility index (Phi) is 7.27. The largest absolute Gasteiger partial charge is 0.373 e. The number of hydrogen-bond donors (Lipinski definition) is 2. The number of rotatable bonds is 6. The van der Waals surface area contributed by atoms with Gasteiger partial charge >= 0.3 is 0 Å². The first-order valence-electron chi connectivity index (χ1n) is 8.72. The Morgan fingerprint density at radius 1 is 1.38 bits per heavy atom. The molecule has 0 radical (unpaired) electrons. The summed E-state index contributed by atoms with van der Waals surface area (Å²) in [6.45, 7) is 5.60. The third kappa shape index (κ3) is 4.59. The predicted molar refractivity (Wildman–Crippen MR) is 105 cm³/mol. The Morgan fingerprint density at radius 3 is 2.79 bits per heavy atom. The standard InChI is InChI=1S/C16H28N6O.HI/c1-4-5-8-17-16(18-10-15-21-20-11(2)22(15)3)19-13-9-12-6-7-14(13)23-12;/h12-14H,4-10H2,1-3H3,(H2,17,18,19);1H. The number of fused-ring (bicyclic) bond motifs is 2. The lowest BCUT2D eigenvalue weighted by atomic mass is 9.96. The van der Waals surface area contributed by atoms with E-state index in [1.807, 2.05) is 18.5 Å². The summed E-state index contributed by atoms with van der Waals surface area (Å²) in [6, 6.07) is 0.378. The molecule has 136 valence electrons. The minimum absolute atomic E-state index is 0. The van der Waals surface area contributed by atoms with Gasteiger partial charge in [0.05, 0.1) is 18.2 Å². The first-order valence-corrected chi connectivity index (χ1v) is 8.72. The molecule has 0 aromatic carbocycles. The van der Waals surface area contributed by atoms with Crippen molar-refractivity contribution in [2.45, 2.75) is 70.7 Å². The van der Waals surface area contributed by atoms with E-state index in [0.717, 1.165) is 43.4 Å². The van der Waals surface area contributed by atoms with Gasteiger partial charge in [0, 0.05) is 13.6 Å². The van der Waals surface area contributed by atoms with E-state index in [2.05, 4.69) is 27.8 Å². The van der Waals surface area contributed by atoms with Gasteiger partial charge in [-0.2, -0.15) is 0 Å². The van der Waals surface area contributed by atoms with Crippen LogP contribution in [-0.2, 0) is 18.3 Å². The fraction of sp³-hybridized carbons (Fsp3) is 0.812. The molecule has 2 aliphatic rings. The highest BCUT2D eigenvalue weighted by Crippen LogP contribution is 2.34. The first kappa shape index (κ1) is 19.4. The van der Waals surface area contributed by atoms with E-state index in [1.165, 1.54) is 12.8 Å². The van der Waals surface area contributed by atoms with Gasteiger partial charge in [-0.3, -0.25) is 0 Å². The molecule has 3 rings (SSSR count). The highest BCUT2D eigenvalue weighted by Gasteiger charge is 2.41. The number of ether oxygens (including phenoxy) is 1. The topological polar surface area (TPSA) is 76.4 Å². The summed E-state index contributed by atoms with van der Waals surface area (Å²) in [5.41, 5.74) is 0. The van der Waals surface area contributed by atoms with Crippen molar-refractivity contribution in [3.63, 3.8) is 0 Å². The average Bonchev–Trinajstić information content (AvgIpc) is 3.23. The normalized spacial score (nSPS) is 25.6. The van der Waals surface area contributed by atoms with E-state index in [9.17, 15) is 0 Å². The summed E-state index contributed by atoms with van der Waals surface area (Å²) in [7, 11) is 1.97. The van der Waals surface area contributed by atoms with Crippen molar-refractivity contribution < 1.29 is 4.74 Å². The van der Waals surface area contributed by atoms with Crippen LogP contribution in [-0.4, -0.2) is 45.5 Å². The van der Waals surface area contributed by atoms with Crippen LogP contribution in [0, 0.1) is 6.92 Å². The summed E-state index contributed by atoms with van der Waals surface area (Å²) < 4.78 is 7.90. The van der Waals surface area contributed by atoms with Gasteiger partial charge in [0.25, 0.3) is 0 Å². The molecule has 0 aliphatic carbocycles. The molecular weight excluding hydrogens is 419 g/mol. The molecule has 2 saturated heterocycles. The van der Waals surface area contributed by atoms with Gasteiger partial charge in [-0.15, -0.1) is 34.2 Å². The van der Waals surface area contributed by atoms with Gasteiger partial charge < -0.3 is 19.9 Å². The second-order valence-corrected chi connectivity index (χ2v) is 6.53. The fourth-order valence-corrected chi connectivity index (χ4v) is 3.24. The SMILES string of the molecule is CCCCNC(=NCc1nnc(C)n1C)NC1CC2CCC1O2.I. The zero-order valence-electron chi connectivity index (χ0n) is 14.8. The van der Waals surface area contributed by atoms with Crippen molar-refractivity contribution in [1.29, 1.82) is 0 Å². The monoisotopic (exact) mass is 448 g/mol. The lowest BCUT2D eigenvalue weighted by molar-refractivity contribution is 0.0992. The van der Waals surface area contributed by atoms with E-state index in [4.69, 9.17) is 9.73 Å². The van der Waals surface area contributed by atoms with Gasteiger partial charge in [0.1, 0.15) is 12.4 Å². The number of aromatic nitrogens is 3. The van der Waals surface area contributed by atoms with Crippen molar-refractivity contribution in [2.75, 3.05) is 6.54 Å². The van der Waals surface area contributed by atoms with E-state index in [1.54, 1.807) is 0 Å². The number of nitrogens with one attached hydrogen (secondary N) is 2. The van der Waals surface area contributed by atoms with Crippen LogP contribution in [0.15, 0.2) is 4.99 Å². The maximum Gasteiger partial charge on any atom is 0.192 e. The zero-order chi connectivity index (χ0) is 16.2. The van der Waals surface area contributed by atoms with Crippen LogP contribution in [0.4, 0.5) is 0 Å². The molecule has 1 aromatic rings. The van der Waals surface area contributed by atoms with Crippen LogP contribution in [0.1, 0.15) is 50.7 Å². The highest BCUT2D eigenvalue weighted by molar-refractivity contribution is 14.0. The van der Waals surface area contributed by atoms with Crippen LogP contribution in [0.2, 0.25) is 0 Å². The molecule has 0 amide bonds. The Bertz CT molecular complexity index is 561. The van der Waals surface area contributed by atoms with Crippen molar-refractivity contribution in [3.8, 4) is 0 Å². The molecule has 3 atom stereocenters. The summed E-state index contributed by atoms with van der Waals surface area (Å²) in [5, 5.41) is 15.3. The van der Waals surface area contributed by atoms with Crippen LogP contribution < -0.4 is 10.6 Å². The van der Waals surface area contributed by atoms with Crippen LogP contribution in [0.25, 0.3) is 0 Å². The minimum atomic E-state index is 0. The quantitative estimate of drug-likeness (QED) is 0.301. The van der Waals surface area contributed by atoms with Crippen LogP contribution in [0.3, 0.4) is 0 Å². The van der Waals surface area contributed by atoms with Gasteiger partial charge in [-0.25, -0.2) is 4.99 Å². The number of guanidine groups is 1. The van der Waals surface area contributed by atoms with Crippen LogP contribution in [0.5, 0.6) is 0 Å². The highest BCUT2D eigenvalue weighted by atomic mass is 127. The number of nitrogens with zero attached hydrogens (tertiary/aromatic N) is 4. The number of aryl methyl sites for hydroxylation is 1. The van der Waals surface area contributed by atoms with Gasteiger partial charge in [-0.05, 0) is 32.6 Å². The Balaban J connectivity index is 0.00000208. The van der Waals surface area contributed by atoms with Crippen molar-refractivity contribution in [3.05, 3.63) is 11.6 Å². The molecule has 2 fully saturated rings. The molecule has 2 aliphatic heterocycles. The fourth-order valence-electron chi connectivity index (χ4n) is 3.24. The van der Waals surface area contributed by atoms with E-state index < -0.39 is 0 Å².